The summed E-state index contributed by atoms with van der Waals surface area (Å²) >= 11 is 6.15. The van der Waals surface area contributed by atoms with Crippen LogP contribution in [0.25, 0.3) is 0 Å². The number of nitrogens with zero attached hydrogens (tertiary/aromatic N) is 2. The molecule has 0 heterocycles. The lowest BCUT2D eigenvalue weighted by molar-refractivity contribution is -0.141. The topological polar surface area (TPSA) is 86.8 Å². The fraction of sp³-hybridized carbons (Fsp3) is 0.333. The summed E-state index contributed by atoms with van der Waals surface area (Å²) in [6, 6.07) is 21.8. The Bertz CT molecular complexity index is 1400. The minimum Gasteiger partial charge on any atom is -0.357 e. The maximum atomic E-state index is 13.7. The van der Waals surface area contributed by atoms with E-state index in [4.69, 9.17) is 11.6 Å². The third kappa shape index (κ3) is 8.57. The van der Waals surface area contributed by atoms with Crippen LogP contribution >= 0.6 is 11.6 Å². The summed E-state index contributed by atoms with van der Waals surface area (Å²) in [5.41, 5.74) is 4.16. The second-order valence-corrected chi connectivity index (χ2v) is 12.0. The average Bonchev–Trinajstić information content (AvgIpc) is 2.89. The van der Waals surface area contributed by atoms with Gasteiger partial charge in [-0.2, -0.15) is 0 Å². The van der Waals surface area contributed by atoms with Crippen LogP contribution in [0.4, 0.5) is 5.69 Å². The zero-order valence-electron chi connectivity index (χ0n) is 22.9. The van der Waals surface area contributed by atoms with E-state index in [2.05, 4.69) is 5.32 Å². The Hall–Kier alpha value is -3.36. The van der Waals surface area contributed by atoms with E-state index in [-0.39, 0.29) is 37.7 Å². The zero-order valence-corrected chi connectivity index (χ0v) is 24.4. The van der Waals surface area contributed by atoms with Gasteiger partial charge in [-0.15, -0.1) is 0 Å². The van der Waals surface area contributed by atoms with Crippen LogP contribution in [0.3, 0.4) is 0 Å². The van der Waals surface area contributed by atoms with Gasteiger partial charge in [-0.3, -0.25) is 13.9 Å². The number of anilines is 1. The van der Waals surface area contributed by atoms with Crippen LogP contribution in [-0.4, -0.2) is 51.0 Å². The molecule has 3 aromatic carbocycles. The first-order chi connectivity index (χ1) is 18.5. The van der Waals surface area contributed by atoms with Gasteiger partial charge in [-0.25, -0.2) is 8.42 Å². The van der Waals surface area contributed by atoms with Crippen LogP contribution in [0.2, 0.25) is 5.02 Å². The van der Waals surface area contributed by atoms with Gasteiger partial charge in [0.1, 0.15) is 6.04 Å². The molecule has 0 aliphatic carbocycles. The number of carbonyl (C=O) groups excluding carboxylic acids is 2. The number of nitrogens with one attached hydrogen (secondary N) is 1. The molecule has 3 rings (SSSR count). The van der Waals surface area contributed by atoms with Gasteiger partial charge in [0, 0.05) is 38.0 Å². The van der Waals surface area contributed by atoms with Gasteiger partial charge in [0.15, 0.2) is 0 Å². The van der Waals surface area contributed by atoms with E-state index in [1.54, 1.807) is 30.1 Å². The molecule has 1 atom stereocenters. The Morgan fingerprint density at radius 3 is 2.28 bits per heavy atom. The summed E-state index contributed by atoms with van der Waals surface area (Å²) in [5, 5.41) is 3.14. The molecular formula is C30H36ClN3O4S. The lowest BCUT2D eigenvalue weighted by Gasteiger charge is -2.32. The first kappa shape index (κ1) is 30.2. The quantitative estimate of drug-likeness (QED) is 0.336. The second-order valence-electron chi connectivity index (χ2n) is 9.70. The predicted molar refractivity (Wildman–Crippen MR) is 157 cm³/mol. The van der Waals surface area contributed by atoms with Crippen LogP contribution < -0.4 is 9.62 Å². The normalized spacial score (nSPS) is 12.0. The largest absolute Gasteiger partial charge is 0.357 e. The maximum Gasteiger partial charge on any atom is 0.242 e. The molecule has 0 aliphatic heterocycles. The van der Waals surface area contributed by atoms with E-state index in [0.717, 1.165) is 28.5 Å². The molecule has 39 heavy (non-hydrogen) atoms. The van der Waals surface area contributed by atoms with Gasteiger partial charge in [0.2, 0.25) is 21.8 Å². The summed E-state index contributed by atoms with van der Waals surface area (Å²) in [6.07, 6.45) is 1.84. The van der Waals surface area contributed by atoms with Gasteiger partial charge in [0.25, 0.3) is 0 Å². The van der Waals surface area contributed by atoms with E-state index in [0.29, 0.717) is 17.1 Å². The SMILES string of the molecule is CNC(=O)[C@@H](Cc1ccccc1)N(Cc1cccc(C)c1)C(=O)CCCN(c1cc(Cl)ccc1C)S(C)(=O)=O. The van der Waals surface area contributed by atoms with Crippen LogP contribution in [0.1, 0.15) is 35.1 Å². The summed E-state index contributed by atoms with van der Waals surface area (Å²) < 4.78 is 26.6. The molecule has 208 valence electrons. The molecule has 0 saturated carbocycles. The zero-order chi connectivity index (χ0) is 28.6. The molecule has 0 bridgehead atoms. The van der Waals surface area contributed by atoms with Crippen molar-refractivity contribution in [2.75, 3.05) is 24.2 Å². The Labute approximate surface area is 236 Å². The number of hydrogen-bond donors (Lipinski definition) is 1. The predicted octanol–water partition coefficient (Wildman–Crippen LogP) is 4.89. The molecule has 0 radical (unpaired) electrons. The van der Waals surface area contributed by atoms with Gasteiger partial charge < -0.3 is 10.2 Å². The lowest BCUT2D eigenvalue weighted by atomic mass is 10.0. The van der Waals surface area contributed by atoms with Crippen LogP contribution in [0.5, 0.6) is 0 Å². The van der Waals surface area contributed by atoms with Crippen molar-refractivity contribution in [2.24, 2.45) is 0 Å². The van der Waals surface area contributed by atoms with Crippen molar-refractivity contribution in [1.82, 2.24) is 10.2 Å². The number of likely N-dealkylation sites (N-methyl/N-ethyl adjacent to an activating group) is 1. The van der Waals surface area contributed by atoms with Crippen molar-refractivity contribution in [1.29, 1.82) is 0 Å². The highest BCUT2D eigenvalue weighted by Crippen LogP contribution is 2.27. The molecule has 1 N–H and O–H groups in total. The Morgan fingerprint density at radius 2 is 1.64 bits per heavy atom. The highest BCUT2D eigenvalue weighted by Gasteiger charge is 2.30. The summed E-state index contributed by atoms with van der Waals surface area (Å²) in [7, 11) is -2.06. The molecule has 0 spiro atoms. The second kappa shape index (κ2) is 13.6. The monoisotopic (exact) mass is 569 g/mol. The maximum absolute atomic E-state index is 13.7. The minimum atomic E-state index is -3.62. The average molecular weight is 570 g/mol. The minimum absolute atomic E-state index is 0.0692. The first-order valence-electron chi connectivity index (χ1n) is 12.8. The molecule has 2 amide bonds. The van der Waals surface area contributed by atoms with E-state index in [1.807, 2.05) is 68.4 Å². The standard InChI is InChI=1S/C30H36ClN3O4S/c1-22-10-8-13-25(18-22)21-33(28(30(36)32-3)19-24-11-6-5-7-12-24)29(35)14-9-17-34(39(4,37)38)27-20-26(31)16-15-23(27)2/h5-8,10-13,15-16,18,20,28H,9,14,17,19,21H2,1-4H3,(H,32,36)/t28-/m1/s1. The summed E-state index contributed by atoms with van der Waals surface area (Å²) in [4.78, 5) is 28.4. The molecule has 0 aliphatic rings. The number of aryl methyl sites for hydroxylation is 2. The van der Waals surface area contributed by atoms with Gasteiger partial charge >= 0.3 is 0 Å². The van der Waals surface area contributed by atoms with Gasteiger partial charge in [-0.1, -0.05) is 77.8 Å². The third-order valence-electron chi connectivity index (χ3n) is 6.54. The number of halogens is 1. The van der Waals surface area contributed by atoms with E-state index in [9.17, 15) is 18.0 Å². The molecule has 0 saturated heterocycles. The number of benzene rings is 3. The third-order valence-corrected chi connectivity index (χ3v) is 7.96. The summed E-state index contributed by atoms with van der Waals surface area (Å²) in [6.45, 7) is 4.16. The van der Waals surface area contributed by atoms with E-state index < -0.39 is 16.1 Å². The highest BCUT2D eigenvalue weighted by molar-refractivity contribution is 7.92. The van der Waals surface area contributed by atoms with Crippen LogP contribution in [0.15, 0.2) is 72.8 Å². The van der Waals surface area contributed by atoms with Crippen LogP contribution in [0, 0.1) is 13.8 Å². The van der Waals surface area contributed by atoms with Gasteiger partial charge in [-0.05, 0) is 49.1 Å². The Kier molecular flexibility index (Phi) is 10.5. The van der Waals surface area contributed by atoms with Crippen molar-refractivity contribution < 1.29 is 18.0 Å². The lowest BCUT2D eigenvalue weighted by Crippen LogP contribution is -2.49. The van der Waals surface area contributed by atoms with Crippen molar-refractivity contribution in [3.63, 3.8) is 0 Å². The summed E-state index contributed by atoms with van der Waals surface area (Å²) in [5.74, 6) is -0.482. The molecular weight excluding hydrogens is 534 g/mol. The van der Waals surface area contributed by atoms with Gasteiger partial charge in [0.05, 0.1) is 11.9 Å². The Balaban J connectivity index is 1.86. The number of carbonyl (C=O) groups is 2. The molecule has 0 unspecified atom stereocenters. The fourth-order valence-electron chi connectivity index (χ4n) is 4.56. The molecule has 0 aromatic heterocycles. The molecule has 0 fully saturated rings. The molecule has 9 heteroatoms. The number of rotatable bonds is 12. The van der Waals surface area contributed by atoms with Crippen molar-refractivity contribution >= 4 is 39.1 Å². The Morgan fingerprint density at radius 1 is 0.949 bits per heavy atom. The molecule has 3 aromatic rings. The van der Waals surface area contributed by atoms with Crippen molar-refractivity contribution in [2.45, 2.75) is 45.7 Å². The smallest absolute Gasteiger partial charge is 0.242 e. The van der Waals surface area contributed by atoms with Crippen molar-refractivity contribution in [3.8, 4) is 0 Å². The highest BCUT2D eigenvalue weighted by atomic mass is 35.5. The number of hydrogen-bond acceptors (Lipinski definition) is 4. The van der Waals surface area contributed by atoms with Crippen molar-refractivity contribution in [3.05, 3.63) is 100 Å². The van der Waals surface area contributed by atoms with Crippen LogP contribution in [-0.2, 0) is 32.6 Å². The number of sulfonamides is 1. The fourth-order valence-corrected chi connectivity index (χ4v) is 5.74. The molecule has 7 nitrogen and oxygen atoms in total. The van der Waals surface area contributed by atoms with E-state index >= 15 is 0 Å². The number of amides is 2. The first-order valence-corrected chi connectivity index (χ1v) is 15.1. The van der Waals surface area contributed by atoms with E-state index in [1.165, 1.54) is 4.31 Å².